The van der Waals surface area contributed by atoms with E-state index in [9.17, 15) is 18.0 Å². The summed E-state index contributed by atoms with van der Waals surface area (Å²) >= 11 is 6.03. The van der Waals surface area contributed by atoms with Crippen molar-refractivity contribution >= 4 is 17.5 Å². The molecule has 1 N–H and O–H groups in total. The van der Waals surface area contributed by atoms with Crippen molar-refractivity contribution in [3.8, 4) is 5.75 Å². The van der Waals surface area contributed by atoms with Crippen LogP contribution in [0.5, 0.6) is 5.75 Å². The van der Waals surface area contributed by atoms with Crippen LogP contribution in [0.4, 0.5) is 13.2 Å². The molecule has 2 atom stereocenters. The molecular formula is C17H21ClF3NO2. The van der Waals surface area contributed by atoms with Crippen molar-refractivity contribution in [1.29, 1.82) is 0 Å². The van der Waals surface area contributed by atoms with E-state index in [-0.39, 0.29) is 18.4 Å². The molecule has 0 saturated heterocycles. The molecule has 3 nitrogen and oxygen atoms in total. The summed E-state index contributed by atoms with van der Waals surface area (Å²) in [6.07, 6.45) is -3.22. The molecule has 0 bridgehead atoms. The van der Waals surface area contributed by atoms with Crippen molar-refractivity contribution in [3.05, 3.63) is 28.8 Å². The minimum atomic E-state index is -4.84. The average Bonchev–Trinajstić information content (AvgIpc) is 3.24. The number of carbonyl (C=O) groups excluding carboxylic acids is 1. The lowest BCUT2D eigenvalue weighted by Crippen LogP contribution is -2.37. The number of rotatable bonds is 7. The van der Waals surface area contributed by atoms with Gasteiger partial charge in [0, 0.05) is 11.6 Å². The van der Waals surface area contributed by atoms with Crippen LogP contribution < -0.4 is 10.1 Å². The zero-order valence-electron chi connectivity index (χ0n) is 13.6. The van der Waals surface area contributed by atoms with Gasteiger partial charge in [-0.15, -0.1) is 0 Å². The maximum atomic E-state index is 12.2. The van der Waals surface area contributed by atoms with E-state index >= 15 is 0 Å². The van der Waals surface area contributed by atoms with Crippen molar-refractivity contribution < 1.29 is 22.7 Å². The summed E-state index contributed by atoms with van der Waals surface area (Å²) in [7, 11) is 0. The minimum Gasteiger partial charge on any atom is -0.493 e. The van der Waals surface area contributed by atoms with E-state index in [0.717, 1.165) is 17.7 Å². The number of nitrogens with one attached hydrogen (secondary N) is 1. The molecule has 1 aliphatic rings. The molecule has 0 aromatic heterocycles. The van der Waals surface area contributed by atoms with Crippen molar-refractivity contribution in [2.75, 3.05) is 13.2 Å². The second kappa shape index (κ2) is 7.64. The Balaban J connectivity index is 1.94. The van der Waals surface area contributed by atoms with Crippen LogP contribution in [0.2, 0.25) is 5.02 Å². The van der Waals surface area contributed by atoms with Crippen molar-refractivity contribution in [2.45, 2.75) is 38.8 Å². The number of hydrogen-bond donors (Lipinski definition) is 1. The van der Waals surface area contributed by atoms with E-state index in [2.05, 4.69) is 13.8 Å². The van der Waals surface area contributed by atoms with Gasteiger partial charge in [-0.1, -0.05) is 25.4 Å². The lowest BCUT2D eigenvalue weighted by atomic mass is 10.1. The van der Waals surface area contributed by atoms with E-state index in [4.69, 9.17) is 16.3 Å². The number of amides is 1. The summed E-state index contributed by atoms with van der Waals surface area (Å²) in [6.45, 7) is 4.79. The van der Waals surface area contributed by atoms with Crippen LogP contribution in [-0.2, 0) is 4.79 Å². The first-order valence-corrected chi connectivity index (χ1v) is 8.33. The Morgan fingerprint density at radius 1 is 1.42 bits per heavy atom. The summed E-state index contributed by atoms with van der Waals surface area (Å²) < 4.78 is 42.4. The molecular weight excluding hydrogens is 343 g/mol. The van der Waals surface area contributed by atoms with E-state index in [1.165, 1.54) is 0 Å². The largest absolute Gasteiger partial charge is 0.493 e. The fraction of sp³-hybridized carbons (Fsp3) is 0.588. The lowest BCUT2D eigenvalue weighted by molar-refractivity contribution is -0.173. The highest BCUT2D eigenvalue weighted by Crippen LogP contribution is 2.50. The predicted octanol–water partition coefficient (Wildman–Crippen LogP) is 4.55. The Morgan fingerprint density at radius 3 is 2.75 bits per heavy atom. The lowest BCUT2D eigenvalue weighted by Gasteiger charge is -2.13. The maximum Gasteiger partial charge on any atom is 0.471 e. The molecule has 0 aliphatic heterocycles. The van der Waals surface area contributed by atoms with Gasteiger partial charge in [0.15, 0.2) is 0 Å². The van der Waals surface area contributed by atoms with Gasteiger partial charge in [-0.05, 0) is 54.4 Å². The van der Waals surface area contributed by atoms with E-state index < -0.39 is 12.1 Å². The van der Waals surface area contributed by atoms with Crippen LogP contribution in [0.15, 0.2) is 18.2 Å². The number of ether oxygens (including phenoxy) is 1. The number of alkyl halides is 3. The fourth-order valence-electron chi connectivity index (χ4n) is 2.52. The monoisotopic (exact) mass is 363 g/mol. The molecule has 1 aromatic rings. The van der Waals surface area contributed by atoms with E-state index in [0.29, 0.717) is 24.0 Å². The first kappa shape index (κ1) is 18.9. The summed E-state index contributed by atoms with van der Waals surface area (Å²) in [6, 6.07) is 5.32. The number of halogens is 4. The van der Waals surface area contributed by atoms with Crippen molar-refractivity contribution in [3.63, 3.8) is 0 Å². The highest BCUT2D eigenvalue weighted by atomic mass is 35.5. The molecule has 1 aromatic carbocycles. The van der Waals surface area contributed by atoms with Gasteiger partial charge in [-0.2, -0.15) is 13.2 Å². The number of carbonyl (C=O) groups is 1. The third-order valence-electron chi connectivity index (χ3n) is 4.03. The normalized spacial score (nSPS) is 20.1. The first-order chi connectivity index (χ1) is 11.2. The summed E-state index contributed by atoms with van der Waals surface area (Å²) in [5, 5.41) is 2.50. The Kier molecular flexibility index (Phi) is 6.01. The Labute approximate surface area is 144 Å². The van der Waals surface area contributed by atoms with Gasteiger partial charge in [-0.3, -0.25) is 4.79 Å². The molecule has 0 spiro atoms. The zero-order chi connectivity index (χ0) is 17.9. The predicted molar refractivity (Wildman–Crippen MR) is 86.3 cm³/mol. The van der Waals surface area contributed by atoms with Crippen molar-refractivity contribution in [1.82, 2.24) is 5.32 Å². The quantitative estimate of drug-likeness (QED) is 0.772. The molecule has 1 aliphatic carbocycles. The SMILES string of the molecule is CC(C)CCOc1ccc(Cl)cc1C1CC1CNC(=O)C(F)(F)F. The Bertz CT molecular complexity index is 590. The van der Waals surface area contributed by atoms with Gasteiger partial charge in [0.25, 0.3) is 0 Å². The molecule has 2 rings (SSSR count). The van der Waals surface area contributed by atoms with Gasteiger partial charge in [0.1, 0.15) is 5.75 Å². The van der Waals surface area contributed by atoms with Crippen LogP contribution in [0.1, 0.15) is 38.2 Å². The van der Waals surface area contributed by atoms with E-state index in [1.807, 2.05) is 5.32 Å². The highest BCUT2D eigenvalue weighted by molar-refractivity contribution is 6.30. The average molecular weight is 364 g/mol. The van der Waals surface area contributed by atoms with Gasteiger partial charge in [0.2, 0.25) is 0 Å². The molecule has 134 valence electrons. The number of benzene rings is 1. The number of hydrogen-bond acceptors (Lipinski definition) is 2. The van der Waals surface area contributed by atoms with Crippen LogP contribution in [0.3, 0.4) is 0 Å². The van der Waals surface area contributed by atoms with Gasteiger partial charge >= 0.3 is 12.1 Å². The highest BCUT2D eigenvalue weighted by Gasteiger charge is 2.43. The fourth-order valence-corrected chi connectivity index (χ4v) is 2.70. The molecule has 7 heteroatoms. The molecule has 1 fully saturated rings. The molecule has 24 heavy (non-hydrogen) atoms. The molecule has 0 radical (unpaired) electrons. The second-order valence-electron chi connectivity index (χ2n) is 6.52. The van der Waals surface area contributed by atoms with Gasteiger partial charge in [0.05, 0.1) is 6.61 Å². The Hall–Kier alpha value is -1.43. The third-order valence-corrected chi connectivity index (χ3v) is 4.26. The Morgan fingerprint density at radius 2 is 2.12 bits per heavy atom. The molecule has 0 heterocycles. The topological polar surface area (TPSA) is 38.3 Å². The van der Waals surface area contributed by atoms with Gasteiger partial charge in [-0.25, -0.2) is 0 Å². The van der Waals surface area contributed by atoms with E-state index in [1.54, 1.807) is 18.2 Å². The van der Waals surface area contributed by atoms with Crippen LogP contribution >= 0.6 is 11.6 Å². The van der Waals surface area contributed by atoms with Gasteiger partial charge < -0.3 is 10.1 Å². The summed E-state index contributed by atoms with van der Waals surface area (Å²) in [5.74, 6) is -0.622. The van der Waals surface area contributed by atoms with Crippen molar-refractivity contribution in [2.24, 2.45) is 11.8 Å². The van der Waals surface area contributed by atoms with Crippen LogP contribution in [0.25, 0.3) is 0 Å². The molecule has 2 unspecified atom stereocenters. The molecule has 1 saturated carbocycles. The smallest absolute Gasteiger partial charge is 0.471 e. The minimum absolute atomic E-state index is 0.000950. The third kappa shape index (κ3) is 5.30. The summed E-state index contributed by atoms with van der Waals surface area (Å²) in [5.41, 5.74) is 0.900. The van der Waals surface area contributed by atoms with Crippen LogP contribution in [-0.4, -0.2) is 25.2 Å². The second-order valence-corrected chi connectivity index (χ2v) is 6.96. The first-order valence-electron chi connectivity index (χ1n) is 7.95. The maximum absolute atomic E-state index is 12.2. The summed E-state index contributed by atoms with van der Waals surface area (Å²) in [4.78, 5) is 10.9. The molecule has 1 amide bonds. The zero-order valence-corrected chi connectivity index (χ0v) is 14.4. The van der Waals surface area contributed by atoms with Crippen LogP contribution in [0, 0.1) is 11.8 Å². The standard InChI is InChI=1S/C17H21ClF3NO2/c1-10(2)5-6-24-15-4-3-12(18)8-14(15)13-7-11(13)9-22-16(23)17(19,20)21/h3-4,8,10-11,13H,5-7,9H2,1-2H3,(H,22,23).